The molecule has 0 spiro atoms. The fraction of sp³-hybridized carbons (Fsp3) is 0.500. The molecule has 0 unspecified atom stereocenters. The van der Waals surface area contributed by atoms with Crippen LogP contribution in [0.25, 0.3) is 0 Å². The first kappa shape index (κ1) is 18.1. The van der Waals surface area contributed by atoms with E-state index in [-0.39, 0.29) is 5.91 Å². The van der Waals surface area contributed by atoms with E-state index in [2.05, 4.69) is 49.6 Å². The van der Waals surface area contributed by atoms with Crippen LogP contribution in [0.2, 0.25) is 0 Å². The molecule has 144 valence electrons. The number of anilines is 1. The average molecular weight is 367 g/mol. The molecule has 0 radical (unpaired) electrons. The molecule has 4 rings (SSSR count). The number of amides is 1. The van der Waals surface area contributed by atoms with Gasteiger partial charge < -0.3 is 14.4 Å². The zero-order valence-electron chi connectivity index (χ0n) is 16.3. The second kappa shape index (κ2) is 8.17. The van der Waals surface area contributed by atoms with Crippen LogP contribution in [0.15, 0.2) is 42.6 Å². The lowest BCUT2D eigenvalue weighted by Gasteiger charge is -2.36. The van der Waals surface area contributed by atoms with E-state index in [1.54, 1.807) is 0 Å². The van der Waals surface area contributed by atoms with Gasteiger partial charge in [0.15, 0.2) is 0 Å². The SMILES string of the molecule is Cn1ccc2c1CCCN(CCCN1CCN(c3ccccc3)CC1)C2=O. The van der Waals surface area contributed by atoms with E-state index < -0.39 is 0 Å². The minimum absolute atomic E-state index is 0.219. The molecule has 1 saturated heterocycles. The van der Waals surface area contributed by atoms with Crippen LogP contribution < -0.4 is 4.90 Å². The van der Waals surface area contributed by atoms with E-state index in [0.29, 0.717) is 0 Å². The molecule has 1 amide bonds. The summed E-state index contributed by atoms with van der Waals surface area (Å²) in [6.45, 7) is 7.20. The van der Waals surface area contributed by atoms with E-state index in [4.69, 9.17) is 0 Å². The monoisotopic (exact) mass is 366 g/mol. The summed E-state index contributed by atoms with van der Waals surface area (Å²) in [4.78, 5) is 19.9. The number of aromatic nitrogens is 1. The molecule has 0 aliphatic carbocycles. The molecule has 1 aromatic carbocycles. The van der Waals surface area contributed by atoms with Crippen molar-refractivity contribution in [2.45, 2.75) is 19.3 Å². The summed E-state index contributed by atoms with van der Waals surface area (Å²) in [6.07, 6.45) is 5.13. The predicted molar refractivity (Wildman–Crippen MR) is 109 cm³/mol. The Bertz CT molecular complexity index is 762. The van der Waals surface area contributed by atoms with Gasteiger partial charge in [-0.1, -0.05) is 18.2 Å². The molecule has 0 saturated carbocycles. The summed E-state index contributed by atoms with van der Waals surface area (Å²) in [5.41, 5.74) is 3.43. The summed E-state index contributed by atoms with van der Waals surface area (Å²) >= 11 is 0. The van der Waals surface area contributed by atoms with Crippen molar-refractivity contribution in [3.63, 3.8) is 0 Å². The Morgan fingerprint density at radius 1 is 0.926 bits per heavy atom. The van der Waals surface area contributed by atoms with Crippen molar-refractivity contribution in [3.8, 4) is 0 Å². The molecule has 2 aliphatic heterocycles. The van der Waals surface area contributed by atoms with Crippen molar-refractivity contribution in [1.29, 1.82) is 0 Å². The first-order chi connectivity index (χ1) is 13.2. The van der Waals surface area contributed by atoms with Crippen LogP contribution in [0.3, 0.4) is 0 Å². The molecule has 0 N–H and O–H groups in total. The highest BCUT2D eigenvalue weighted by Crippen LogP contribution is 2.20. The van der Waals surface area contributed by atoms with Crippen LogP contribution in [0.4, 0.5) is 5.69 Å². The van der Waals surface area contributed by atoms with Crippen molar-refractivity contribution in [2.75, 3.05) is 50.7 Å². The largest absolute Gasteiger partial charge is 0.369 e. The molecular formula is C22H30N4O. The minimum atomic E-state index is 0.219. The molecule has 2 aliphatic rings. The molecule has 2 aromatic rings. The zero-order chi connectivity index (χ0) is 18.6. The molecular weight excluding hydrogens is 336 g/mol. The van der Waals surface area contributed by atoms with Crippen LogP contribution in [0.5, 0.6) is 0 Å². The van der Waals surface area contributed by atoms with Gasteiger partial charge in [-0.25, -0.2) is 0 Å². The second-order valence-electron chi connectivity index (χ2n) is 7.70. The van der Waals surface area contributed by atoms with Crippen LogP contribution in [0, 0.1) is 0 Å². The Labute approximate surface area is 162 Å². The topological polar surface area (TPSA) is 31.7 Å². The van der Waals surface area contributed by atoms with Gasteiger partial charge in [-0.05, 0) is 44.0 Å². The Hall–Kier alpha value is -2.27. The van der Waals surface area contributed by atoms with Gasteiger partial charge in [0.05, 0.1) is 5.56 Å². The Kier molecular flexibility index (Phi) is 5.48. The average Bonchev–Trinajstić information content (AvgIpc) is 2.99. The van der Waals surface area contributed by atoms with Crippen molar-refractivity contribution in [1.82, 2.24) is 14.4 Å². The van der Waals surface area contributed by atoms with Crippen LogP contribution in [0.1, 0.15) is 28.9 Å². The number of carbonyl (C=O) groups is 1. The van der Waals surface area contributed by atoms with Gasteiger partial charge in [0, 0.05) is 63.9 Å². The van der Waals surface area contributed by atoms with Crippen molar-refractivity contribution >= 4 is 11.6 Å². The maximum Gasteiger partial charge on any atom is 0.255 e. The fourth-order valence-corrected chi connectivity index (χ4v) is 4.34. The van der Waals surface area contributed by atoms with Gasteiger partial charge >= 0.3 is 0 Å². The number of hydrogen-bond acceptors (Lipinski definition) is 3. The summed E-state index contributed by atoms with van der Waals surface area (Å²) in [5.74, 6) is 0.219. The van der Waals surface area contributed by atoms with Gasteiger partial charge in [-0.3, -0.25) is 9.69 Å². The zero-order valence-corrected chi connectivity index (χ0v) is 16.3. The highest BCUT2D eigenvalue weighted by Gasteiger charge is 2.24. The Balaban J connectivity index is 1.24. The molecule has 0 bridgehead atoms. The number of hydrogen-bond donors (Lipinski definition) is 0. The number of piperazine rings is 1. The lowest BCUT2D eigenvalue weighted by molar-refractivity contribution is 0.0753. The van der Waals surface area contributed by atoms with Gasteiger partial charge in [-0.15, -0.1) is 0 Å². The molecule has 5 nitrogen and oxygen atoms in total. The highest BCUT2D eigenvalue weighted by atomic mass is 16.2. The first-order valence-corrected chi connectivity index (χ1v) is 10.2. The maximum atomic E-state index is 12.8. The lowest BCUT2D eigenvalue weighted by Crippen LogP contribution is -2.47. The van der Waals surface area contributed by atoms with E-state index in [1.807, 2.05) is 19.3 Å². The smallest absolute Gasteiger partial charge is 0.255 e. The number of nitrogens with zero attached hydrogens (tertiary/aromatic N) is 4. The van der Waals surface area contributed by atoms with Crippen LogP contribution in [-0.4, -0.2) is 66.1 Å². The molecule has 27 heavy (non-hydrogen) atoms. The summed E-state index contributed by atoms with van der Waals surface area (Å²) in [7, 11) is 2.04. The molecule has 3 heterocycles. The number of benzene rings is 1. The van der Waals surface area contributed by atoms with E-state index in [1.165, 1.54) is 11.4 Å². The summed E-state index contributed by atoms with van der Waals surface area (Å²) < 4.78 is 2.10. The highest BCUT2D eigenvalue weighted by molar-refractivity contribution is 5.95. The Morgan fingerprint density at radius 3 is 2.48 bits per heavy atom. The number of aryl methyl sites for hydroxylation is 1. The number of para-hydroxylation sites is 1. The third-order valence-electron chi connectivity index (χ3n) is 5.96. The van der Waals surface area contributed by atoms with Gasteiger partial charge in [-0.2, -0.15) is 0 Å². The maximum absolute atomic E-state index is 12.8. The third-order valence-corrected chi connectivity index (χ3v) is 5.96. The molecule has 5 heteroatoms. The fourth-order valence-electron chi connectivity index (χ4n) is 4.34. The second-order valence-corrected chi connectivity index (χ2v) is 7.70. The van der Waals surface area contributed by atoms with E-state index in [9.17, 15) is 4.79 Å². The molecule has 0 atom stereocenters. The summed E-state index contributed by atoms with van der Waals surface area (Å²) in [6, 6.07) is 12.7. The first-order valence-electron chi connectivity index (χ1n) is 10.2. The Morgan fingerprint density at radius 2 is 1.70 bits per heavy atom. The van der Waals surface area contributed by atoms with Crippen molar-refractivity contribution in [2.24, 2.45) is 7.05 Å². The van der Waals surface area contributed by atoms with Crippen molar-refractivity contribution < 1.29 is 4.79 Å². The van der Waals surface area contributed by atoms with Gasteiger partial charge in [0.25, 0.3) is 5.91 Å². The standard InChI is InChI=1S/C22H30N4O/c1-23-14-10-20-21(23)9-5-12-26(22(20)27)13-6-11-24-15-17-25(18-16-24)19-7-3-2-4-8-19/h2-4,7-8,10,14H,5-6,9,11-13,15-18H2,1H3. The van der Waals surface area contributed by atoms with Crippen LogP contribution in [-0.2, 0) is 13.5 Å². The quantitative estimate of drug-likeness (QED) is 0.815. The van der Waals surface area contributed by atoms with Crippen molar-refractivity contribution in [3.05, 3.63) is 53.9 Å². The van der Waals surface area contributed by atoms with Crippen LogP contribution >= 0.6 is 0 Å². The van der Waals surface area contributed by atoms with Gasteiger partial charge in [0.2, 0.25) is 0 Å². The molecule has 1 aromatic heterocycles. The van der Waals surface area contributed by atoms with E-state index >= 15 is 0 Å². The predicted octanol–water partition coefficient (Wildman–Crippen LogP) is 2.63. The van der Waals surface area contributed by atoms with E-state index in [0.717, 1.165) is 70.6 Å². The third kappa shape index (κ3) is 4.03. The number of carbonyl (C=O) groups excluding carboxylic acids is 1. The summed E-state index contributed by atoms with van der Waals surface area (Å²) in [5, 5.41) is 0. The number of rotatable bonds is 5. The normalized spacial score (nSPS) is 18.5. The number of fused-ring (bicyclic) bond motifs is 1. The van der Waals surface area contributed by atoms with Gasteiger partial charge in [0.1, 0.15) is 0 Å². The lowest BCUT2D eigenvalue weighted by atomic mass is 10.2. The minimum Gasteiger partial charge on any atom is -0.369 e. The molecule has 1 fully saturated rings.